The van der Waals surface area contributed by atoms with Gasteiger partial charge < -0.3 is 15.8 Å². The third-order valence-electron chi connectivity index (χ3n) is 2.65. The Labute approximate surface area is 136 Å². The average molecular weight is 420 g/mol. The summed E-state index contributed by atoms with van der Waals surface area (Å²) in [6.45, 7) is 0. The van der Waals surface area contributed by atoms with E-state index < -0.39 is 0 Å². The number of hydrogen-bond acceptors (Lipinski definition) is 5. The van der Waals surface area contributed by atoms with Crippen molar-refractivity contribution in [1.29, 1.82) is 5.41 Å². The van der Waals surface area contributed by atoms with Crippen molar-refractivity contribution >= 4 is 57.7 Å². The van der Waals surface area contributed by atoms with Gasteiger partial charge in [-0.15, -0.1) is 0 Å². The number of hydrogen-bond donors (Lipinski definition) is 3. The molecule has 0 radical (unpaired) electrons. The fourth-order valence-corrected chi connectivity index (χ4v) is 2.98. The molecule has 3 N–H and O–H groups in total. The number of aromatic nitrogens is 2. The Morgan fingerprint density at radius 3 is 2.85 bits per heavy atom. The molecule has 0 aliphatic carbocycles. The van der Waals surface area contributed by atoms with Crippen molar-refractivity contribution in [2.45, 2.75) is 0 Å². The number of anilines is 2. The summed E-state index contributed by atoms with van der Waals surface area (Å²) in [4.78, 5) is 8.41. The van der Waals surface area contributed by atoms with E-state index in [4.69, 9.17) is 17.0 Å². The van der Waals surface area contributed by atoms with Gasteiger partial charge in [-0.05, 0) is 45.8 Å². The predicted octanol–water partition coefficient (Wildman–Crippen LogP) is 4.19. The van der Waals surface area contributed by atoms with Crippen LogP contribution in [0.5, 0.6) is 0 Å². The lowest BCUT2D eigenvalue weighted by atomic mass is 10.1. The lowest BCUT2D eigenvalue weighted by Gasteiger charge is -2.11. The molecule has 2 rings (SSSR count). The van der Waals surface area contributed by atoms with Gasteiger partial charge in [-0.25, -0.2) is 4.98 Å². The van der Waals surface area contributed by atoms with Crippen LogP contribution in [0.25, 0.3) is 11.3 Å². The van der Waals surface area contributed by atoms with Crippen molar-refractivity contribution in [2.75, 3.05) is 17.5 Å². The summed E-state index contributed by atoms with van der Waals surface area (Å²) in [5, 5.41) is 14.0. The molecular weight excluding hydrogens is 407 g/mol. The molecule has 104 valence electrons. The Morgan fingerprint density at radius 2 is 2.20 bits per heavy atom. The maximum Gasteiger partial charge on any atom is 0.224 e. The van der Waals surface area contributed by atoms with Crippen LogP contribution in [-0.2, 0) is 0 Å². The van der Waals surface area contributed by atoms with Gasteiger partial charge in [0.25, 0.3) is 0 Å². The second-order valence-electron chi connectivity index (χ2n) is 3.80. The van der Waals surface area contributed by atoms with Crippen molar-refractivity contribution in [3.05, 3.63) is 35.1 Å². The Morgan fingerprint density at radius 1 is 1.40 bits per heavy atom. The lowest BCUT2D eigenvalue weighted by Crippen LogP contribution is -2.01. The zero-order valence-electron chi connectivity index (χ0n) is 10.5. The molecule has 1 aromatic heterocycles. The second kappa shape index (κ2) is 7.15. The van der Waals surface area contributed by atoms with Crippen LogP contribution >= 0.6 is 40.0 Å². The second-order valence-corrected chi connectivity index (χ2v) is 6.19. The van der Waals surface area contributed by atoms with E-state index in [-0.39, 0.29) is 5.28 Å². The molecule has 1 heterocycles. The molecule has 20 heavy (non-hydrogen) atoms. The molecule has 0 aliphatic heterocycles. The van der Waals surface area contributed by atoms with Crippen molar-refractivity contribution < 1.29 is 0 Å². The van der Waals surface area contributed by atoms with Gasteiger partial charge >= 0.3 is 0 Å². The summed E-state index contributed by atoms with van der Waals surface area (Å²) in [5.41, 5.74) is 3.14. The highest BCUT2D eigenvalue weighted by Crippen LogP contribution is 2.31. The summed E-state index contributed by atoms with van der Waals surface area (Å²) in [6, 6.07) is 7.78. The molecule has 0 spiro atoms. The van der Waals surface area contributed by atoms with Gasteiger partial charge in [-0.3, -0.25) is 0 Å². The highest BCUT2D eigenvalue weighted by molar-refractivity contribution is 14.2. The summed E-state index contributed by atoms with van der Waals surface area (Å²) in [6.07, 6.45) is 1.68. The standard InChI is InChI=1S/C12H12ClIN5P/c1-16-8-4-2-3-7(5-8)10-9(6-15)11(19-20-14)18-12(13)17-10/h2-6,15-16,20H,1H3,(H,17,18,19). The maximum atomic E-state index is 7.62. The smallest absolute Gasteiger partial charge is 0.224 e. The first kappa shape index (κ1) is 15.4. The van der Waals surface area contributed by atoms with Crippen LogP contribution in [0.15, 0.2) is 24.3 Å². The van der Waals surface area contributed by atoms with Crippen LogP contribution in [0.2, 0.25) is 5.28 Å². The van der Waals surface area contributed by atoms with Crippen LogP contribution in [-0.4, -0.2) is 23.2 Å². The van der Waals surface area contributed by atoms with Gasteiger partial charge in [-0.2, -0.15) is 4.98 Å². The van der Waals surface area contributed by atoms with Crippen LogP contribution in [0.4, 0.5) is 11.5 Å². The fraction of sp³-hybridized carbons (Fsp3) is 0.0833. The van der Waals surface area contributed by atoms with Crippen LogP contribution in [0, 0.1) is 5.41 Å². The van der Waals surface area contributed by atoms with Crippen molar-refractivity contribution in [1.82, 2.24) is 9.97 Å². The minimum atomic E-state index is 0.164. The predicted molar refractivity (Wildman–Crippen MR) is 95.9 cm³/mol. The van der Waals surface area contributed by atoms with Crippen LogP contribution in [0.3, 0.4) is 0 Å². The van der Waals surface area contributed by atoms with Gasteiger partial charge in [-0.1, -0.05) is 12.1 Å². The number of halogens is 2. The molecule has 0 amide bonds. The summed E-state index contributed by atoms with van der Waals surface area (Å²) in [5.74, 6) is 0.581. The summed E-state index contributed by atoms with van der Waals surface area (Å²) < 4.78 is 0. The minimum Gasteiger partial charge on any atom is -0.388 e. The van der Waals surface area contributed by atoms with Crippen LogP contribution < -0.4 is 10.4 Å². The molecule has 1 atom stereocenters. The van der Waals surface area contributed by atoms with E-state index in [0.29, 0.717) is 23.4 Å². The van der Waals surface area contributed by atoms with Gasteiger partial charge in [0.1, 0.15) is 5.82 Å². The number of nitrogens with zero attached hydrogens (tertiary/aromatic N) is 2. The highest BCUT2D eigenvalue weighted by atomic mass is 127. The van der Waals surface area contributed by atoms with Crippen molar-refractivity contribution in [2.24, 2.45) is 0 Å². The third kappa shape index (κ3) is 3.37. The quantitative estimate of drug-likeness (QED) is 0.294. The average Bonchev–Trinajstić information content (AvgIpc) is 2.47. The molecule has 0 saturated carbocycles. The Bertz CT molecular complexity index is 637. The first-order valence-electron chi connectivity index (χ1n) is 5.67. The molecule has 8 heteroatoms. The molecular formula is C12H12ClIN5P. The van der Waals surface area contributed by atoms with Gasteiger partial charge in [0, 0.05) is 30.9 Å². The third-order valence-corrected chi connectivity index (χ3v) is 3.96. The first-order valence-corrected chi connectivity index (χ1v) is 10.2. The molecule has 0 fully saturated rings. The SMILES string of the molecule is CNc1cccc(-c2nc(Cl)nc(NPI)c2C=N)c1. The first-order chi connectivity index (χ1) is 9.69. The largest absolute Gasteiger partial charge is 0.388 e. The van der Waals surface area contributed by atoms with E-state index in [1.54, 1.807) is 0 Å². The molecule has 0 bridgehead atoms. The van der Waals surface area contributed by atoms with Crippen molar-refractivity contribution in [3.63, 3.8) is 0 Å². The van der Waals surface area contributed by atoms with E-state index >= 15 is 0 Å². The molecule has 2 aromatic rings. The zero-order valence-corrected chi connectivity index (χ0v) is 14.5. The molecule has 5 nitrogen and oxygen atoms in total. The van der Waals surface area contributed by atoms with E-state index in [1.165, 1.54) is 6.21 Å². The summed E-state index contributed by atoms with van der Waals surface area (Å²) >= 11 is 8.19. The fourth-order valence-electron chi connectivity index (χ4n) is 1.76. The monoisotopic (exact) mass is 419 g/mol. The summed E-state index contributed by atoms with van der Waals surface area (Å²) in [7, 11) is 1.85. The van der Waals surface area contributed by atoms with Gasteiger partial charge in [0.2, 0.25) is 5.28 Å². The highest BCUT2D eigenvalue weighted by Gasteiger charge is 2.13. The van der Waals surface area contributed by atoms with E-state index in [0.717, 1.165) is 11.3 Å². The normalized spacial score (nSPS) is 10.8. The Balaban J connectivity index is 2.62. The number of rotatable bonds is 5. The molecule has 0 aliphatic rings. The molecule has 1 aromatic carbocycles. The van der Waals surface area contributed by atoms with Gasteiger partial charge in [0.05, 0.1) is 11.3 Å². The van der Waals surface area contributed by atoms with E-state index in [1.807, 2.05) is 31.3 Å². The van der Waals surface area contributed by atoms with Crippen LogP contribution in [0.1, 0.15) is 5.56 Å². The molecule has 0 saturated heterocycles. The minimum absolute atomic E-state index is 0.164. The number of benzene rings is 1. The number of nitrogens with one attached hydrogen (secondary N) is 3. The van der Waals surface area contributed by atoms with E-state index in [2.05, 4.69) is 42.4 Å². The Hall–Kier alpha value is -0.980. The maximum absolute atomic E-state index is 7.62. The zero-order chi connectivity index (χ0) is 14.5. The topological polar surface area (TPSA) is 73.7 Å². The molecule has 1 unspecified atom stereocenters. The van der Waals surface area contributed by atoms with E-state index in [9.17, 15) is 0 Å². The lowest BCUT2D eigenvalue weighted by molar-refractivity contribution is 1.17. The van der Waals surface area contributed by atoms with Crippen molar-refractivity contribution in [3.8, 4) is 11.3 Å². The van der Waals surface area contributed by atoms with Gasteiger partial charge in [0.15, 0.2) is 0 Å². The Kier molecular flexibility index (Phi) is 5.51.